The predicted molar refractivity (Wildman–Crippen MR) is 31.8 cm³/mol. The van der Waals surface area contributed by atoms with Gasteiger partial charge in [-0.25, -0.2) is 4.79 Å². The average molecular weight is 134 g/mol. The molecule has 0 aromatic heterocycles. The first-order chi connectivity index (χ1) is 3.31. The van der Waals surface area contributed by atoms with Crippen molar-refractivity contribution < 1.29 is 13.6 Å². The van der Waals surface area contributed by atoms with Crippen LogP contribution in [-0.2, 0) is 8.85 Å². The molecule has 0 heterocycles. The third-order valence-corrected chi connectivity index (χ3v) is 1.04. The smallest absolute Gasteiger partial charge is 0.484 e. The van der Waals surface area contributed by atoms with E-state index in [9.17, 15) is 4.79 Å². The largest absolute Gasteiger partial charge is 0.499 e. The van der Waals surface area contributed by atoms with Crippen LogP contribution in [0.2, 0.25) is 0 Å². The van der Waals surface area contributed by atoms with Crippen LogP contribution >= 0.6 is 0 Å². The van der Waals surface area contributed by atoms with E-state index in [0.717, 1.165) is 0 Å². The highest BCUT2D eigenvalue weighted by molar-refractivity contribution is 6.36. The van der Waals surface area contributed by atoms with Gasteiger partial charge in [0.2, 0.25) is 19.9 Å². The van der Waals surface area contributed by atoms with Gasteiger partial charge >= 0.3 is 6.16 Å². The van der Waals surface area contributed by atoms with Crippen LogP contribution in [0.15, 0.2) is 0 Å². The molecule has 0 aliphatic rings. The molecule has 40 valence electrons. The van der Waals surface area contributed by atoms with E-state index < -0.39 is 15.5 Å². The van der Waals surface area contributed by atoms with Crippen molar-refractivity contribution in [2.24, 2.45) is 0 Å². The first kappa shape index (κ1) is 6.57. The van der Waals surface area contributed by atoms with Crippen LogP contribution < -0.4 is 0 Å². The molecule has 0 N–H and O–H groups in total. The summed E-state index contributed by atoms with van der Waals surface area (Å²) in [7, 11) is -0.0540. The fraction of sp³-hybridized carbons (Fsp3) is 0. The van der Waals surface area contributed by atoms with E-state index in [4.69, 9.17) is 0 Å². The van der Waals surface area contributed by atoms with Gasteiger partial charge in [-0.05, 0) is 0 Å². The van der Waals surface area contributed by atoms with E-state index >= 15 is 0 Å². The topological polar surface area (TPSA) is 35.5 Å². The van der Waals surface area contributed by atoms with Gasteiger partial charge in [-0.3, -0.25) is 0 Å². The van der Waals surface area contributed by atoms with Gasteiger partial charge in [0.05, 0.1) is 0 Å². The Morgan fingerprint density at radius 3 is 2.57 bits per heavy atom. The van der Waals surface area contributed by atoms with E-state index in [-0.39, 0.29) is 0 Å². The molecule has 0 bridgehead atoms. The molecular formula is C2H6O3Si2. The first-order valence-electron chi connectivity index (χ1n) is 1.66. The highest BCUT2D eigenvalue weighted by Gasteiger charge is 1.89. The Morgan fingerprint density at radius 1 is 1.86 bits per heavy atom. The van der Waals surface area contributed by atoms with Gasteiger partial charge < -0.3 is 8.85 Å². The average Bonchev–Trinajstić information content (AvgIpc) is 1.68. The van der Waals surface area contributed by atoms with Crippen LogP contribution in [0, 0.1) is 0 Å². The quantitative estimate of drug-likeness (QED) is 0.397. The van der Waals surface area contributed by atoms with Crippen LogP contribution in [-0.4, -0.2) is 32.2 Å². The van der Waals surface area contributed by atoms with Crippen LogP contribution in [0.5, 0.6) is 0 Å². The molecule has 7 heavy (non-hydrogen) atoms. The van der Waals surface area contributed by atoms with Gasteiger partial charge in [0.1, 0.15) is 0 Å². The summed E-state index contributed by atoms with van der Waals surface area (Å²) in [6.07, 6.45) is 2.76. The van der Waals surface area contributed by atoms with Crippen molar-refractivity contribution in [3.63, 3.8) is 0 Å². The van der Waals surface area contributed by atoms with Crippen molar-refractivity contribution in [2.75, 3.05) is 0 Å². The lowest BCUT2D eigenvalue weighted by Crippen LogP contribution is -2.03. The molecular weight excluding hydrogens is 128 g/mol. The maximum absolute atomic E-state index is 9.98. The highest BCUT2D eigenvalue weighted by atomic mass is 28.2. The summed E-state index contributed by atoms with van der Waals surface area (Å²) in [5.74, 6) is 0. The molecule has 3 nitrogen and oxygen atoms in total. The summed E-state index contributed by atoms with van der Waals surface area (Å²) in [6.45, 7) is 0. The zero-order valence-electron chi connectivity index (χ0n) is 4.01. The normalized spacial score (nSPS) is 7.43. The van der Waals surface area contributed by atoms with Crippen molar-refractivity contribution in [1.29, 1.82) is 0 Å². The fourth-order valence-corrected chi connectivity index (χ4v) is 0.637. The van der Waals surface area contributed by atoms with Crippen LogP contribution in [0.25, 0.3) is 0 Å². The SMILES string of the molecule is C=[SiH]OC(=O)O[SiH3]. The summed E-state index contributed by atoms with van der Waals surface area (Å²) < 4.78 is 8.59. The molecule has 0 radical (unpaired) electrons. The number of rotatable bonds is 1. The summed E-state index contributed by atoms with van der Waals surface area (Å²) in [5, 5.41) is 0. The maximum atomic E-state index is 9.98. The van der Waals surface area contributed by atoms with E-state index in [1.54, 1.807) is 0 Å². The third kappa shape index (κ3) is 3.40. The Kier molecular flexibility index (Phi) is 3.52. The minimum atomic E-state index is -0.586. The van der Waals surface area contributed by atoms with Crippen LogP contribution in [0.4, 0.5) is 4.79 Å². The molecule has 5 heteroatoms. The molecule has 0 aromatic rings. The molecule has 0 aliphatic carbocycles. The van der Waals surface area contributed by atoms with Crippen molar-refractivity contribution in [3.05, 3.63) is 0 Å². The number of hydrogen-bond acceptors (Lipinski definition) is 3. The Balaban J connectivity index is 3.17. The number of carbonyl (C=O) groups excluding carboxylic acids is 1. The molecule has 0 spiro atoms. The van der Waals surface area contributed by atoms with Gasteiger partial charge in [0.25, 0.3) is 0 Å². The molecule has 0 saturated carbocycles. The molecule has 0 aromatic carbocycles. The maximum Gasteiger partial charge on any atom is 0.484 e. The van der Waals surface area contributed by atoms with Gasteiger partial charge in [-0.15, -0.1) is 0 Å². The van der Waals surface area contributed by atoms with Gasteiger partial charge in [0, 0.05) is 0 Å². The second-order valence-corrected chi connectivity index (χ2v) is 1.72. The highest BCUT2D eigenvalue weighted by Crippen LogP contribution is 1.71. The van der Waals surface area contributed by atoms with E-state index in [1.807, 2.05) is 0 Å². The Bertz CT molecular complexity index is 81.0. The second kappa shape index (κ2) is 3.75. The van der Waals surface area contributed by atoms with Crippen molar-refractivity contribution in [3.8, 4) is 0 Å². The predicted octanol–water partition coefficient (Wildman–Crippen LogP) is -1.80. The van der Waals surface area contributed by atoms with Gasteiger partial charge in [0.15, 0.2) is 0 Å². The number of hydrogen-bond donors (Lipinski definition) is 0. The van der Waals surface area contributed by atoms with Crippen LogP contribution in [0.3, 0.4) is 0 Å². The Hall–Kier alpha value is -0.426. The van der Waals surface area contributed by atoms with Gasteiger partial charge in [-0.2, -0.15) is 0 Å². The molecule has 0 atom stereocenters. The fourth-order valence-electron chi connectivity index (χ4n) is 0.116. The van der Waals surface area contributed by atoms with Crippen molar-refractivity contribution >= 4 is 32.2 Å². The van der Waals surface area contributed by atoms with Crippen LogP contribution in [0.1, 0.15) is 0 Å². The molecule has 0 saturated heterocycles. The summed E-state index contributed by atoms with van der Waals surface area (Å²) >= 11 is 0. The molecule has 0 amide bonds. The van der Waals surface area contributed by atoms with Gasteiger partial charge in [-0.1, -0.05) is 6.17 Å². The lowest BCUT2D eigenvalue weighted by atomic mass is 11.5. The number of carbonyl (C=O) groups is 1. The lowest BCUT2D eigenvalue weighted by Gasteiger charge is -1.93. The molecule has 0 unspecified atom stereocenters. The molecule has 0 aliphatic heterocycles. The van der Waals surface area contributed by atoms with E-state index in [0.29, 0.717) is 10.5 Å². The van der Waals surface area contributed by atoms with Crippen molar-refractivity contribution in [2.45, 2.75) is 0 Å². The first-order valence-corrected chi connectivity index (χ1v) is 3.77. The van der Waals surface area contributed by atoms with Crippen molar-refractivity contribution in [1.82, 2.24) is 0 Å². The minimum Gasteiger partial charge on any atom is -0.499 e. The Morgan fingerprint density at radius 2 is 2.43 bits per heavy atom. The molecule has 0 fully saturated rings. The zero-order chi connectivity index (χ0) is 5.70. The summed E-state index contributed by atoms with van der Waals surface area (Å²) in [4.78, 5) is 9.98. The lowest BCUT2D eigenvalue weighted by molar-refractivity contribution is 0.160. The second-order valence-electron chi connectivity index (χ2n) is 0.739. The standard InChI is InChI=1S/C2H6O3Si2/c1-7-5-2(3)4-6/h7H,1H2,6H3. The summed E-state index contributed by atoms with van der Waals surface area (Å²) in [5.41, 5.74) is 0. The monoisotopic (exact) mass is 134 g/mol. The minimum absolute atomic E-state index is 0.398. The van der Waals surface area contributed by atoms with E-state index in [1.165, 1.54) is 0 Å². The third-order valence-electron chi connectivity index (χ3n) is 0.346. The van der Waals surface area contributed by atoms with E-state index in [2.05, 4.69) is 15.0 Å². The summed E-state index contributed by atoms with van der Waals surface area (Å²) in [6, 6.07) is 0. The Labute approximate surface area is 46.7 Å². The molecule has 0 rings (SSSR count). The zero-order valence-corrected chi connectivity index (χ0v) is 7.16.